The van der Waals surface area contributed by atoms with E-state index in [0.717, 1.165) is 0 Å². The van der Waals surface area contributed by atoms with E-state index in [1.165, 1.54) is 0 Å². The lowest BCUT2D eigenvalue weighted by molar-refractivity contribution is 1.51. The fraction of sp³-hybridized carbons (Fsp3) is 0. The minimum atomic E-state index is -0.250. The summed E-state index contributed by atoms with van der Waals surface area (Å²) in [4.78, 5) is 0. The van der Waals surface area contributed by atoms with Gasteiger partial charge >= 0.3 is 0 Å². The zero-order chi connectivity index (χ0) is 3.58. The van der Waals surface area contributed by atoms with Gasteiger partial charge in [-0.25, -0.2) is 0 Å². The lowest BCUT2D eigenvalue weighted by Crippen LogP contribution is -2.02. The van der Waals surface area contributed by atoms with Crippen LogP contribution in [-0.4, -0.2) is 5.17 Å². The van der Waals surface area contributed by atoms with E-state index < -0.39 is 0 Å². The molecule has 0 radical (unpaired) electrons. The molecular weight excluding hydrogens is 72.1 g/mol. The highest BCUT2D eigenvalue weighted by molar-refractivity contribution is 7.77. The summed E-state index contributed by atoms with van der Waals surface area (Å²) in [6, 6.07) is 0. The van der Waals surface area contributed by atoms with E-state index in [1.54, 1.807) is 0 Å². The van der Waals surface area contributed by atoms with Crippen LogP contribution in [-0.2, 0) is 12.6 Å². The van der Waals surface area contributed by atoms with Gasteiger partial charge in [0.2, 0.25) is 0 Å². The van der Waals surface area contributed by atoms with Crippen molar-refractivity contribution >= 4 is 17.8 Å². The van der Waals surface area contributed by atoms with Crippen molar-refractivity contribution in [3.05, 3.63) is 0 Å². The average Bonchev–Trinajstić information content (AvgIpc) is 0.811. The van der Waals surface area contributed by atoms with Gasteiger partial charge < -0.3 is 23.8 Å². The molecule has 4 heavy (non-hydrogen) atoms. The van der Waals surface area contributed by atoms with E-state index in [1.807, 2.05) is 0 Å². The number of nitrogens with one attached hydrogen (secondary N) is 1. The molecule has 0 atom stereocenters. The molecule has 0 unspecified atom stereocenters. The van der Waals surface area contributed by atoms with Gasteiger partial charge in [-0.05, 0) is 5.17 Å². The second kappa shape index (κ2) is 1.06. The summed E-state index contributed by atoms with van der Waals surface area (Å²) in [7, 11) is 0. The molecule has 0 amide bonds. The largest absolute Gasteiger partial charge is 0.744 e. The van der Waals surface area contributed by atoms with Crippen LogP contribution in [0.3, 0.4) is 0 Å². The van der Waals surface area contributed by atoms with Gasteiger partial charge in [0.1, 0.15) is 0 Å². The SMILES string of the molecule is N=C(N)[S-]. The van der Waals surface area contributed by atoms with Gasteiger partial charge in [0, 0.05) is 0 Å². The number of hydrogen-bond donors (Lipinski definition) is 2. The van der Waals surface area contributed by atoms with Crippen LogP contribution >= 0.6 is 0 Å². The smallest absolute Gasteiger partial charge is 0.0356 e. The van der Waals surface area contributed by atoms with Gasteiger partial charge in [-0.2, -0.15) is 0 Å². The van der Waals surface area contributed by atoms with Crippen LogP contribution in [0.25, 0.3) is 0 Å². The molecular formula is CH3N2S-. The summed E-state index contributed by atoms with van der Waals surface area (Å²) in [5, 5.41) is 5.84. The van der Waals surface area contributed by atoms with Crippen molar-refractivity contribution in [1.29, 1.82) is 5.41 Å². The van der Waals surface area contributed by atoms with Crippen molar-refractivity contribution in [2.24, 2.45) is 5.73 Å². The van der Waals surface area contributed by atoms with Gasteiger partial charge in [0.15, 0.2) is 0 Å². The van der Waals surface area contributed by atoms with Crippen molar-refractivity contribution in [2.45, 2.75) is 0 Å². The molecule has 0 heterocycles. The maximum atomic E-state index is 6.09. The average molecular weight is 75.1 g/mol. The van der Waals surface area contributed by atoms with Gasteiger partial charge in [-0.3, -0.25) is 0 Å². The quantitative estimate of drug-likeness (QED) is 0.230. The second-order valence-electron chi connectivity index (χ2n) is 0.364. The molecule has 0 spiro atoms. The topological polar surface area (TPSA) is 49.9 Å². The number of amidine groups is 1. The van der Waals surface area contributed by atoms with Gasteiger partial charge in [-0.1, -0.05) is 0 Å². The summed E-state index contributed by atoms with van der Waals surface area (Å²) in [5.74, 6) is 0. The molecule has 0 aliphatic heterocycles. The Bertz CT molecular complexity index is 29.0. The monoisotopic (exact) mass is 75.0 g/mol. The van der Waals surface area contributed by atoms with Crippen molar-refractivity contribution in [3.63, 3.8) is 0 Å². The Morgan fingerprint density at radius 1 is 2.00 bits per heavy atom. The Morgan fingerprint density at radius 2 is 2.00 bits per heavy atom. The highest BCUT2D eigenvalue weighted by Gasteiger charge is 1.33. The lowest BCUT2D eigenvalue weighted by Gasteiger charge is -1.89. The first-order valence-electron chi connectivity index (χ1n) is 0.743. The minimum Gasteiger partial charge on any atom is -0.744 e. The highest BCUT2D eigenvalue weighted by Crippen LogP contribution is 1.32. The first-order valence-corrected chi connectivity index (χ1v) is 1.15. The van der Waals surface area contributed by atoms with Crippen LogP contribution in [0.5, 0.6) is 0 Å². The Labute approximate surface area is 29.9 Å². The van der Waals surface area contributed by atoms with Crippen molar-refractivity contribution < 1.29 is 0 Å². The maximum Gasteiger partial charge on any atom is -0.0356 e. The first kappa shape index (κ1) is 3.69. The van der Waals surface area contributed by atoms with Crippen LogP contribution in [0.1, 0.15) is 0 Å². The summed E-state index contributed by atoms with van der Waals surface area (Å²) >= 11 is 3.98. The lowest BCUT2D eigenvalue weighted by atomic mass is 11.4. The van der Waals surface area contributed by atoms with Gasteiger partial charge in [0.05, 0.1) is 0 Å². The van der Waals surface area contributed by atoms with Crippen LogP contribution in [0.15, 0.2) is 0 Å². The van der Waals surface area contributed by atoms with E-state index in [-0.39, 0.29) is 5.17 Å². The maximum absolute atomic E-state index is 6.09. The fourth-order valence-electron chi connectivity index (χ4n) is 0. The van der Waals surface area contributed by atoms with E-state index in [0.29, 0.717) is 0 Å². The molecule has 2 nitrogen and oxygen atoms in total. The molecule has 0 aromatic carbocycles. The fourth-order valence-corrected chi connectivity index (χ4v) is 0. The molecule has 0 saturated heterocycles. The van der Waals surface area contributed by atoms with Crippen LogP contribution < -0.4 is 5.73 Å². The Kier molecular flexibility index (Phi) is 0.979. The predicted molar refractivity (Wildman–Crippen MR) is 19.3 cm³/mol. The van der Waals surface area contributed by atoms with Crippen LogP contribution in [0, 0.1) is 5.41 Å². The Morgan fingerprint density at radius 3 is 2.00 bits per heavy atom. The van der Waals surface area contributed by atoms with E-state index in [4.69, 9.17) is 5.41 Å². The first-order chi connectivity index (χ1) is 1.73. The molecule has 0 fully saturated rings. The van der Waals surface area contributed by atoms with Crippen molar-refractivity contribution in [3.8, 4) is 0 Å². The van der Waals surface area contributed by atoms with Gasteiger partial charge in [0.25, 0.3) is 0 Å². The standard InChI is InChI=1S/CH4N2S/c2-1(3)4/h(H4,2,3,4)/p-1. The number of nitrogens with two attached hydrogens (primary N) is 1. The molecule has 0 saturated carbocycles. The number of rotatable bonds is 0. The third-order valence-corrected chi connectivity index (χ3v) is 0. The molecule has 0 bridgehead atoms. The molecule has 0 aliphatic carbocycles. The predicted octanol–water partition coefficient (Wildman–Crippen LogP) is -0.573. The van der Waals surface area contributed by atoms with Crippen molar-refractivity contribution in [1.82, 2.24) is 0 Å². The molecule has 0 aliphatic rings. The zero-order valence-corrected chi connectivity index (χ0v) is 2.80. The van der Waals surface area contributed by atoms with E-state index >= 15 is 0 Å². The minimum absolute atomic E-state index is 0.250. The summed E-state index contributed by atoms with van der Waals surface area (Å²) in [5.41, 5.74) is 4.51. The zero-order valence-electron chi connectivity index (χ0n) is 1.99. The molecule has 3 N–H and O–H groups in total. The summed E-state index contributed by atoms with van der Waals surface area (Å²) in [6.07, 6.45) is 0. The van der Waals surface area contributed by atoms with E-state index in [2.05, 4.69) is 18.4 Å². The molecule has 24 valence electrons. The normalized spacial score (nSPS) is 6.00. The molecule has 0 aromatic heterocycles. The third kappa shape index (κ3) is 8.37. The Hall–Kier alpha value is -0.310. The van der Waals surface area contributed by atoms with Gasteiger partial charge in [-0.15, -0.1) is 0 Å². The molecule has 0 rings (SSSR count). The Balaban J connectivity index is 2.80. The van der Waals surface area contributed by atoms with E-state index in [9.17, 15) is 0 Å². The highest BCUT2D eigenvalue weighted by atomic mass is 32.1. The third-order valence-electron chi connectivity index (χ3n) is 0. The van der Waals surface area contributed by atoms with Crippen LogP contribution in [0.2, 0.25) is 0 Å². The number of hydrogen-bond acceptors (Lipinski definition) is 2. The summed E-state index contributed by atoms with van der Waals surface area (Å²) in [6.45, 7) is 0. The summed E-state index contributed by atoms with van der Waals surface area (Å²) < 4.78 is 0. The van der Waals surface area contributed by atoms with Crippen LogP contribution in [0.4, 0.5) is 0 Å². The van der Waals surface area contributed by atoms with Crippen molar-refractivity contribution in [2.75, 3.05) is 0 Å². The molecule has 3 heteroatoms. The second-order valence-corrected chi connectivity index (χ2v) is 0.804. The molecule has 0 aromatic rings.